The Morgan fingerprint density at radius 2 is 0.881 bits per heavy atom. The average molecular weight is 857 g/mol. The molecular formula is C48H89O10P. The minimum absolute atomic E-state index is 0.180. The van der Waals surface area contributed by atoms with Gasteiger partial charge in [0.15, 0.2) is 6.10 Å². The van der Waals surface area contributed by atoms with Gasteiger partial charge in [0.05, 0.1) is 19.8 Å². The molecule has 0 rings (SSSR count). The van der Waals surface area contributed by atoms with E-state index in [1.165, 1.54) is 128 Å². The molecule has 0 fully saturated rings. The van der Waals surface area contributed by atoms with Crippen molar-refractivity contribution >= 4 is 19.8 Å². The highest BCUT2D eigenvalue weighted by atomic mass is 31.2. The highest BCUT2D eigenvalue weighted by Gasteiger charge is 2.27. The van der Waals surface area contributed by atoms with E-state index in [2.05, 4.69) is 50.3 Å². The van der Waals surface area contributed by atoms with Crippen LogP contribution in [-0.2, 0) is 32.7 Å². The largest absolute Gasteiger partial charge is 0.472 e. The Bertz CT molecular complexity index is 1080. The minimum atomic E-state index is -4.62. The zero-order valence-corrected chi connectivity index (χ0v) is 38.6. The van der Waals surface area contributed by atoms with Crippen LogP contribution in [0.4, 0.5) is 0 Å². The second-order valence-corrected chi connectivity index (χ2v) is 17.6. The predicted octanol–water partition coefficient (Wildman–Crippen LogP) is 13.1. The van der Waals surface area contributed by atoms with E-state index in [9.17, 15) is 24.2 Å². The fraction of sp³-hybridized carbons (Fsp3) is 0.833. The van der Waals surface area contributed by atoms with Gasteiger partial charge in [0, 0.05) is 12.8 Å². The number of hydrogen-bond donors (Lipinski definition) is 3. The third-order valence-electron chi connectivity index (χ3n) is 10.3. The maximum Gasteiger partial charge on any atom is 0.472 e. The molecule has 0 radical (unpaired) electrons. The van der Waals surface area contributed by atoms with Gasteiger partial charge < -0.3 is 24.6 Å². The number of carbonyl (C=O) groups excluding carboxylic acids is 2. The van der Waals surface area contributed by atoms with E-state index in [1.807, 2.05) is 0 Å². The van der Waals surface area contributed by atoms with E-state index in [-0.39, 0.29) is 19.4 Å². The smallest absolute Gasteiger partial charge is 0.462 e. The van der Waals surface area contributed by atoms with Crippen LogP contribution in [0.2, 0.25) is 0 Å². The third-order valence-corrected chi connectivity index (χ3v) is 11.2. The first-order valence-electron chi connectivity index (χ1n) is 23.9. The molecule has 59 heavy (non-hydrogen) atoms. The molecule has 0 aromatic rings. The second-order valence-electron chi connectivity index (χ2n) is 16.1. The summed E-state index contributed by atoms with van der Waals surface area (Å²) in [5, 5.41) is 18.4. The zero-order valence-electron chi connectivity index (χ0n) is 37.7. The van der Waals surface area contributed by atoms with Crippen LogP contribution in [0.25, 0.3) is 0 Å². The van der Waals surface area contributed by atoms with Gasteiger partial charge in [-0.05, 0) is 70.6 Å². The van der Waals surface area contributed by atoms with E-state index in [4.69, 9.17) is 23.6 Å². The number of phosphoric acid groups is 1. The van der Waals surface area contributed by atoms with Crippen molar-refractivity contribution < 1.29 is 47.8 Å². The van der Waals surface area contributed by atoms with Gasteiger partial charge in [0.2, 0.25) is 0 Å². The predicted molar refractivity (Wildman–Crippen MR) is 242 cm³/mol. The molecule has 0 saturated heterocycles. The molecule has 0 bridgehead atoms. The number of allylic oxidation sites excluding steroid dienone is 6. The Balaban J connectivity index is 4.23. The van der Waals surface area contributed by atoms with Crippen molar-refractivity contribution in [3.05, 3.63) is 36.5 Å². The van der Waals surface area contributed by atoms with Crippen molar-refractivity contribution in [2.24, 2.45) is 0 Å². The summed E-state index contributed by atoms with van der Waals surface area (Å²) in [7, 11) is -4.62. The van der Waals surface area contributed by atoms with Crippen LogP contribution in [-0.4, -0.2) is 65.7 Å². The summed E-state index contributed by atoms with van der Waals surface area (Å²) in [6.45, 7) is 2.36. The van der Waals surface area contributed by atoms with E-state index in [1.54, 1.807) is 0 Å². The minimum Gasteiger partial charge on any atom is -0.462 e. The Morgan fingerprint density at radius 3 is 1.36 bits per heavy atom. The maximum atomic E-state index is 12.7. The SMILES string of the molecule is CCCCC/C=C/C/C=C/CCCCCCCCCCCC(=O)O[C@H](COC(=O)CCCCCCCCCCC/C=C/CCCCCC)COP(=O)(O)OC[C@@H](O)CO. The molecule has 0 heterocycles. The first-order chi connectivity index (χ1) is 28.7. The van der Waals surface area contributed by atoms with Crippen molar-refractivity contribution in [1.29, 1.82) is 0 Å². The van der Waals surface area contributed by atoms with Crippen LogP contribution >= 0.6 is 7.82 Å². The van der Waals surface area contributed by atoms with Crippen molar-refractivity contribution in [1.82, 2.24) is 0 Å². The molecular weight excluding hydrogens is 767 g/mol. The molecule has 0 aromatic heterocycles. The van der Waals surface area contributed by atoms with Crippen LogP contribution in [0, 0.1) is 0 Å². The van der Waals surface area contributed by atoms with E-state index >= 15 is 0 Å². The molecule has 0 aromatic carbocycles. The van der Waals surface area contributed by atoms with Gasteiger partial charge in [-0.3, -0.25) is 18.6 Å². The first kappa shape index (κ1) is 57.2. The van der Waals surface area contributed by atoms with Gasteiger partial charge >= 0.3 is 19.8 Å². The molecule has 0 amide bonds. The fourth-order valence-corrected chi connectivity index (χ4v) is 7.34. The maximum absolute atomic E-state index is 12.7. The lowest BCUT2D eigenvalue weighted by molar-refractivity contribution is -0.161. The van der Waals surface area contributed by atoms with Gasteiger partial charge in [-0.25, -0.2) is 4.57 Å². The number of unbranched alkanes of at least 4 members (excludes halogenated alkanes) is 25. The summed E-state index contributed by atoms with van der Waals surface area (Å²) >= 11 is 0. The number of ether oxygens (including phenoxy) is 2. The number of carbonyl (C=O) groups is 2. The van der Waals surface area contributed by atoms with E-state index < -0.39 is 51.8 Å². The zero-order chi connectivity index (χ0) is 43.3. The number of hydrogen-bond acceptors (Lipinski definition) is 9. The molecule has 0 aliphatic heterocycles. The van der Waals surface area contributed by atoms with E-state index in [0.29, 0.717) is 12.8 Å². The quantitative estimate of drug-likeness (QED) is 0.0234. The molecule has 3 N–H and O–H groups in total. The second kappa shape index (κ2) is 44.3. The number of esters is 2. The van der Waals surface area contributed by atoms with Crippen LogP contribution < -0.4 is 0 Å². The van der Waals surface area contributed by atoms with Crippen LogP contribution in [0.5, 0.6) is 0 Å². The van der Waals surface area contributed by atoms with Gasteiger partial charge in [0.25, 0.3) is 0 Å². The summed E-state index contributed by atoms with van der Waals surface area (Å²) in [6, 6.07) is 0. The average Bonchev–Trinajstić information content (AvgIpc) is 3.22. The monoisotopic (exact) mass is 857 g/mol. The Hall–Kier alpha value is -1.81. The molecule has 0 aliphatic rings. The normalized spacial score (nSPS) is 14.1. The topological polar surface area (TPSA) is 149 Å². The first-order valence-corrected chi connectivity index (χ1v) is 25.4. The van der Waals surface area contributed by atoms with Crippen molar-refractivity contribution in [3.63, 3.8) is 0 Å². The summed E-state index contributed by atoms with van der Waals surface area (Å²) in [6.07, 6.45) is 46.7. The van der Waals surface area contributed by atoms with Crippen LogP contribution in [0.3, 0.4) is 0 Å². The van der Waals surface area contributed by atoms with Crippen LogP contribution in [0.1, 0.15) is 219 Å². The van der Waals surface area contributed by atoms with Gasteiger partial charge in [-0.1, -0.05) is 172 Å². The Morgan fingerprint density at radius 1 is 0.508 bits per heavy atom. The lowest BCUT2D eigenvalue weighted by Crippen LogP contribution is -2.29. The molecule has 0 spiro atoms. The number of phosphoric ester groups is 1. The molecule has 1 unspecified atom stereocenters. The highest BCUT2D eigenvalue weighted by molar-refractivity contribution is 7.47. The summed E-state index contributed by atoms with van der Waals surface area (Å²) in [4.78, 5) is 35.1. The van der Waals surface area contributed by atoms with Gasteiger partial charge in [-0.2, -0.15) is 0 Å². The van der Waals surface area contributed by atoms with Gasteiger partial charge in [0.1, 0.15) is 12.7 Å². The standard InChI is InChI=1S/C48H89O10P/c1-3-5-7-9-11-13-15-17-19-21-22-24-26-28-30-32-34-36-38-40-48(52)58-46(44-57-59(53,54)56-42-45(50)41-49)43-55-47(51)39-37-35-33-31-29-27-25-23-20-18-16-14-12-10-8-6-4-2/h11,13-14,16-17,19,45-46,49-50H,3-10,12,15,18,20-44H2,1-2H3,(H,53,54)/b13-11+,16-14+,19-17+/t45-,46+/m0/s1. The Labute approximate surface area is 361 Å². The fourth-order valence-electron chi connectivity index (χ4n) is 6.55. The highest BCUT2D eigenvalue weighted by Crippen LogP contribution is 2.43. The summed E-state index contributed by atoms with van der Waals surface area (Å²) < 4.78 is 32.8. The lowest BCUT2D eigenvalue weighted by atomic mass is 10.1. The molecule has 0 aliphatic carbocycles. The van der Waals surface area contributed by atoms with Gasteiger partial charge in [-0.15, -0.1) is 0 Å². The Kier molecular flexibility index (Phi) is 42.9. The number of rotatable bonds is 45. The number of aliphatic hydroxyl groups excluding tert-OH is 2. The molecule has 10 nitrogen and oxygen atoms in total. The molecule has 0 saturated carbocycles. The number of aliphatic hydroxyl groups is 2. The van der Waals surface area contributed by atoms with Crippen molar-refractivity contribution in [2.75, 3.05) is 26.4 Å². The van der Waals surface area contributed by atoms with Crippen molar-refractivity contribution in [2.45, 2.75) is 232 Å². The van der Waals surface area contributed by atoms with Crippen molar-refractivity contribution in [3.8, 4) is 0 Å². The van der Waals surface area contributed by atoms with E-state index in [0.717, 1.165) is 51.4 Å². The summed E-state index contributed by atoms with van der Waals surface area (Å²) in [5.41, 5.74) is 0. The molecule has 346 valence electrons. The summed E-state index contributed by atoms with van der Waals surface area (Å²) in [5.74, 6) is -0.926. The van der Waals surface area contributed by atoms with Crippen LogP contribution in [0.15, 0.2) is 36.5 Å². The molecule has 3 atom stereocenters. The molecule has 11 heteroatoms. The third kappa shape index (κ3) is 44.1. The lowest BCUT2D eigenvalue weighted by Gasteiger charge is -2.20.